The van der Waals surface area contributed by atoms with Gasteiger partial charge in [0.15, 0.2) is 5.78 Å². The zero-order valence-electron chi connectivity index (χ0n) is 26.4. The third-order valence-electron chi connectivity index (χ3n) is 7.91. The van der Waals surface area contributed by atoms with Crippen LogP contribution >= 0.6 is 12.4 Å². The number of carboxylic acids is 1. The number of nitrogens with zero attached hydrogens (tertiary/aromatic N) is 2. The highest BCUT2D eigenvalue weighted by atomic mass is 35.5. The number of carbonyl (C=O) groups is 2. The number of phenols is 1. The minimum atomic E-state index is -0.858. The van der Waals surface area contributed by atoms with E-state index in [1.807, 2.05) is 94.6 Å². The number of carboxylic acid groups (broad SMARTS) is 1. The van der Waals surface area contributed by atoms with Crippen molar-refractivity contribution < 1.29 is 19.8 Å². The quantitative estimate of drug-likeness (QED) is 0.184. The number of rotatable bonds is 8. The Kier molecular flexibility index (Phi) is 9.42. The van der Waals surface area contributed by atoms with Gasteiger partial charge in [-0.1, -0.05) is 77.9 Å². The summed E-state index contributed by atoms with van der Waals surface area (Å²) in [6.07, 6.45) is 0.423. The summed E-state index contributed by atoms with van der Waals surface area (Å²) < 4.78 is 3.62. The van der Waals surface area contributed by atoms with Crippen molar-refractivity contribution in [2.75, 3.05) is 0 Å². The summed E-state index contributed by atoms with van der Waals surface area (Å²) in [6, 6.07) is 19.1. The molecule has 230 valence electrons. The van der Waals surface area contributed by atoms with E-state index in [1.54, 1.807) is 30.5 Å². The Labute approximate surface area is 260 Å². The molecular weight excluding hydrogens is 562 g/mol. The number of benzene rings is 3. The number of aliphatic carboxylic acids is 1. The van der Waals surface area contributed by atoms with E-state index in [-0.39, 0.29) is 46.9 Å². The maximum atomic E-state index is 13.8. The fourth-order valence-corrected chi connectivity index (χ4v) is 5.32. The molecule has 0 aliphatic heterocycles. The van der Waals surface area contributed by atoms with E-state index in [1.165, 1.54) is 0 Å². The number of ketones is 1. The lowest BCUT2D eigenvalue weighted by atomic mass is 9.78. The Morgan fingerprint density at radius 3 is 1.70 bits per heavy atom. The number of phenolic OH excluding ortho intramolecular Hbond substituents is 1. The van der Waals surface area contributed by atoms with Crippen LogP contribution < -0.4 is 5.62 Å². The highest BCUT2D eigenvalue weighted by Crippen LogP contribution is 2.40. The Morgan fingerprint density at radius 2 is 1.23 bits per heavy atom. The van der Waals surface area contributed by atoms with Gasteiger partial charge in [0.1, 0.15) is 5.75 Å². The van der Waals surface area contributed by atoms with Crippen molar-refractivity contribution >= 4 is 35.2 Å². The van der Waals surface area contributed by atoms with Gasteiger partial charge in [0.05, 0.1) is 29.5 Å². The standard InChI is InChI=1S/C35H43N3O4.ClH/c1-33(2,3)25-17-24(18-26(30(25)40)34(4,5)6)29(39)21-38-28-12-10-9-11-27(28)37(32(38)36)20-23-15-13-22(14-16-23)19-35(7,8)31(41)42;/h9-18,36,40H,19-21H2,1-8H3,(H,41,42);1H. The van der Waals surface area contributed by atoms with Gasteiger partial charge in [0, 0.05) is 16.7 Å². The SMILES string of the molecule is CC(C)(Cc1ccc(Cn2c(=N)n(CC(=O)c3cc(C(C)(C)C)c(O)c(C(C)(C)C)c3)c3ccccc32)cc1)C(=O)O.Cl. The van der Waals surface area contributed by atoms with Gasteiger partial charge in [-0.3, -0.25) is 15.0 Å². The number of carbonyl (C=O) groups excluding carboxylic acids is 1. The van der Waals surface area contributed by atoms with E-state index in [0.29, 0.717) is 18.5 Å². The maximum Gasteiger partial charge on any atom is 0.309 e. The van der Waals surface area contributed by atoms with E-state index in [0.717, 1.165) is 33.3 Å². The van der Waals surface area contributed by atoms with Gasteiger partial charge in [-0.2, -0.15) is 0 Å². The van der Waals surface area contributed by atoms with Crippen molar-refractivity contribution in [3.8, 4) is 5.75 Å². The Morgan fingerprint density at radius 1 is 0.767 bits per heavy atom. The normalized spacial score (nSPS) is 12.3. The minimum absolute atomic E-state index is 0. The summed E-state index contributed by atoms with van der Waals surface area (Å²) >= 11 is 0. The average molecular weight is 606 g/mol. The van der Waals surface area contributed by atoms with Crippen LogP contribution in [0.25, 0.3) is 11.0 Å². The van der Waals surface area contributed by atoms with Gasteiger partial charge in [-0.05, 0) is 66.5 Å². The fraction of sp³-hybridized carbons (Fsp3) is 0.400. The molecule has 0 spiro atoms. The van der Waals surface area contributed by atoms with E-state index < -0.39 is 11.4 Å². The predicted molar refractivity (Wildman–Crippen MR) is 174 cm³/mol. The second-order valence-corrected chi connectivity index (χ2v) is 14.0. The molecule has 4 aromatic rings. The zero-order valence-corrected chi connectivity index (χ0v) is 27.2. The van der Waals surface area contributed by atoms with Gasteiger partial charge in [-0.15, -0.1) is 12.4 Å². The topological polar surface area (TPSA) is 108 Å². The summed E-state index contributed by atoms with van der Waals surface area (Å²) in [5, 5.41) is 29.6. The highest BCUT2D eigenvalue weighted by Gasteiger charge is 2.29. The average Bonchev–Trinajstić information content (AvgIpc) is 3.14. The lowest BCUT2D eigenvalue weighted by molar-refractivity contribution is -0.146. The summed E-state index contributed by atoms with van der Waals surface area (Å²) in [5.41, 5.74) is 4.17. The molecule has 7 nitrogen and oxygen atoms in total. The molecule has 1 heterocycles. The molecule has 4 rings (SSSR count). The van der Waals surface area contributed by atoms with Crippen molar-refractivity contribution in [2.45, 2.75) is 85.7 Å². The van der Waals surface area contributed by atoms with E-state index in [4.69, 9.17) is 5.41 Å². The summed E-state index contributed by atoms with van der Waals surface area (Å²) in [4.78, 5) is 25.3. The first kappa shape index (κ1) is 33.7. The molecule has 0 aliphatic carbocycles. The monoisotopic (exact) mass is 605 g/mol. The Bertz CT molecular complexity index is 1680. The van der Waals surface area contributed by atoms with Crippen molar-refractivity contribution in [1.29, 1.82) is 5.41 Å². The smallest absolute Gasteiger partial charge is 0.309 e. The third-order valence-corrected chi connectivity index (χ3v) is 7.91. The van der Waals surface area contributed by atoms with Gasteiger partial charge in [0.25, 0.3) is 0 Å². The van der Waals surface area contributed by atoms with E-state index >= 15 is 0 Å². The van der Waals surface area contributed by atoms with Gasteiger partial charge in [0.2, 0.25) is 5.62 Å². The number of hydrogen-bond donors (Lipinski definition) is 3. The van der Waals surface area contributed by atoms with Gasteiger partial charge < -0.3 is 19.3 Å². The number of Topliss-reactive ketones (excluding diaryl/α,β-unsaturated/α-hetero) is 1. The first-order valence-corrected chi connectivity index (χ1v) is 14.3. The number of aromatic hydroxyl groups is 1. The van der Waals surface area contributed by atoms with Crippen LogP contribution in [0, 0.1) is 10.8 Å². The first-order valence-electron chi connectivity index (χ1n) is 14.3. The zero-order chi connectivity index (χ0) is 31.2. The molecule has 0 fully saturated rings. The number of fused-ring (bicyclic) bond motifs is 1. The number of halogens is 1. The molecule has 0 saturated heterocycles. The van der Waals surface area contributed by atoms with Crippen molar-refractivity contribution in [3.05, 3.63) is 94.1 Å². The molecule has 0 radical (unpaired) electrons. The fourth-order valence-electron chi connectivity index (χ4n) is 5.32. The minimum Gasteiger partial charge on any atom is -0.507 e. The summed E-state index contributed by atoms with van der Waals surface area (Å²) in [5.74, 6) is -0.729. The van der Waals surface area contributed by atoms with Crippen LogP contribution in [0.2, 0.25) is 0 Å². The molecule has 3 aromatic carbocycles. The summed E-state index contributed by atoms with van der Waals surface area (Å²) in [6.45, 7) is 16.0. The van der Waals surface area contributed by atoms with E-state index in [9.17, 15) is 19.8 Å². The molecule has 0 aliphatic rings. The van der Waals surface area contributed by atoms with Crippen LogP contribution in [0.3, 0.4) is 0 Å². The van der Waals surface area contributed by atoms with Crippen LogP contribution in [0.4, 0.5) is 0 Å². The molecule has 0 bridgehead atoms. The number of aromatic nitrogens is 2. The molecule has 0 saturated carbocycles. The maximum absolute atomic E-state index is 13.8. The van der Waals surface area contributed by atoms with Gasteiger partial charge >= 0.3 is 5.97 Å². The highest BCUT2D eigenvalue weighted by molar-refractivity contribution is 5.97. The van der Waals surface area contributed by atoms with Crippen LogP contribution in [0.5, 0.6) is 5.75 Å². The molecule has 43 heavy (non-hydrogen) atoms. The van der Waals surface area contributed by atoms with E-state index in [2.05, 4.69) is 0 Å². The molecule has 0 amide bonds. The molecular formula is C35H44ClN3O4. The van der Waals surface area contributed by atoms with Gasteiger partial charge in [-0.25, -0.2) is 0 Å². The molecule has 0 atom stereocenters. The number of para-hydroxylation sites is 2. The van der Waals surface area contributed by atoms with Crippen LogP contribution in [0.15, 0.2) is 60.7 Å². The number of imidazole rings is 1. The lowest BCUT2D eigenvalue weighted by Crippen LogP contribution is -2.28. The molecule has 1 aromatic heterocycles. The predicted octanol–water partition coefficient (Wildman–Crippen LogP) is 7.23. The first-order chi connectivity index (χ1) is 19.4. The van der Waals surface area contributed by atoms with Crippen molar-refractivity contribution in [1.82, 2.24) is 9.13 Å². The second-order valence-electron chi connectivity index (χ2n) is 14.0. The Hall–Kier alpha value is -3.84. The van der Waals surface area contributed by atoms with Crippen LogP contribution in [-0.2, 0) is 35.1 Å². The number of nitrogens with one attached hydrogen (secondary N) is 1. The summed E-state index contributed by atoms with van der Waals surface area (Å²) in [7, 11) is 0. The van der Waals surface area contributed by atoms with Crippen LogP contribution in [-0.4, -0.2) is 31.1 Å². The van der Waals surface area contributed by atoms with Crippen LogP contribution in [0.1, 0.15) is 88.0 Å². The van der Waals surface area contributed by atoms with Crippen molar-refractivity contribution in [2.24, 2.45) is 5.41 Å². The lowest BCUT2D eigenvalue weighted by Gasteiger charge is -2.28. The number of hydrogen-bond acceptors (Lipinski definition) is 4. The third kappa shape index (κ3) is 7.04. The Balaban J connectivity index is 0.00000506. The largest absolute Gasteiger partial charge is 0.507 e. The van der Waals surface area contributed by atoms with Crippen molar-refractivity contribution in [3.63, 3.8) is 0 Å². The molecule has 8 heteroatoms. The molecule has 0 unspecified atom stereocenters. The second kappa shape index (κ2) is 12.0. The molecule has 3 N–H and O–H groups in total.